The highest BCUT2D eigenvalue weighted by molar-refractivity contribution is 7.13. The minimum absolute atomic E-state index is 0.158. The Hall–Kier alpha value is -1.72. The maximum atomic E-state index is 12.5. The predicted molar refractivity (Wildman–Crippen MR) is 94.4 cm³/mol. The second-order valence-electron chi connectivity index (χ2n) is 6.41. The van der Waals surface area contributed by atoms with Gasteiger partial charge in [0.25, 0.3) is 0 Å². The number of aryl methyl sites for hydroxylation is 1. The molecular formula is C18H23N3OS. The lowest BCUT2D eigenvalue weighted by atomic mass is 9.98. The lowest BCUT2D eigenvalue weighted by Gasteiger charge is -2.36. The van der Waals surface area contributed by atoms with Gasteiger partial charge in [-0.2, -0.15) is 0 Å². The first kappa shape index (κ1) is 16.1. The summed E-state index contributed by atoms with van der Waals surface area (Å²) in [5.74, 6) is 0.158. The molecule has 2 aromatic rings. The molecule has 1 aromatic heterocycles. The summed E-state index contributed by atoms with van der Waals surface area (Å²) in [6.45, 7) is 4.91. The third kappa shape index (κ3) is 3.79. The molecule has 4 nitrogen and oxygen atoms in total. The second kappa shape index (κ2) is 6.81. The van der Waals surface area contributed by atoms with E-state index in [0.29, 0.717) is 6.42 Å². The van der Waals surface area contributed by atoms with Gasteiger partial charge < -0.3 is 10.6 Å². The van der Waals surface area contributed by atoms with Gasteiger partial charge in [0.2, 0.25) is 5.91 Å². The van der Waals surface area contributed by atoms with Crippen LogP contribution in [0.4, 0.5) is 0 Å². The molecule has 0 saturated carbocycles. The molecule has 3 rings (SSSR count). The van der Waals surface area contributed by atoms with Gasteiger partial charge in [0, 0.05) is 29.6 Å². The van der Waals surface area contributed by atoms with Gasteiger partial charge in [-0.1, -0.05) is 23.8 Å². The Balaban J connectivity index is 1.68. The first-order valence-corrected chi connectivity index (χ1v) is 8.97. The van der Waals surface area contributed by atoms with Crippen LogP contribution in [0.1, 0.15) is 31.0 Å². The van der Waals surface area contributed by atoms with E-state index in [0.717, 1.165) is 35.7 Å². The van der Waals surface area contributed by atoms with Crippen LogP contribution < -0.4 is 5.73 Å². The second-order valence-corrected chi connectivity index (χ2v) is 7.27. The molecule has 1 aliphatic heterocycles. The van der Waals surface area contributed by atoms with Gasteiger partial charge in [-0.05, 0) is 32.8 Å². The van der Waals surface area contributed by atoms with Crippen molar-refractivity contribution in [3.05, 3.63) is 40.9 Å². The molecule has 0 bridgehead atoms. The summed E-state index contributed by atoms with van der Waals surface area (Å²) in [5, 5.41) is 2.97. The van der Waals surface area contributed by atoms with Gasteiger partial charge in [0.1, 0.15) is 5.01 Å². The highest BCUT2D eigenvalue weighted by atomic mass is 32.1. The number of nitrogens with zero attached hydrogens (tertiary/aromatic N) is 2. The van der Waals surface area contributed by atoms with Crippen LogP contribution in [0.5, 0.6) is 0 Å². The quantitative estimate of drug-likeness (QED) is 0.942. The van der Waals surface area contributed by atoms with Crippen LogP contribution >= 0.6 is 11.3 Å². The maximum absolute atomic E-state index is 12.5. The first-order chi connectivity index (χ1) is 11.0. The minimum Gasteiger partial charge on any atom is -0.340 e. The van der Waals surface area contributed by atoms with Crippen molar-refractivity contribution >= 4 is 17.2 Å². The molecule has 0 spiro atoms. The summed E-state index contributed by atoms with van der Waals surface area (Å²) in [5.41, 5.74) is 9.16. The van der Waals surface area contributed by atoms with E-state index in [9.17, 15) is 4.79 Å². The lowest BCUT2D eigenvalue weighted by molar-refractivity contribution is -0.133. The summed E-state index contributed by atoms with van der Waals surface area (Å²) in [6, 6.07) is 8.74. The monoisotopic (exact) mass is 329 g/mol. The molecule has 2 heterocycles. The largest absolute Gasteiger partial charge is 0.340 e. The molecule has 5 heteroatoms. The summed E-state index contributed by atoms with van der Waals surface area (Å²) in [6.07, 6.45) is 2.15. The molecule has 23 heavy (non-hydrogen) atoms. The zero-order chi connectivity index (χ0) is 16.4. The fourth-order valence-corrected chi connectivity index (χ4v) is 3.95. The molecule has 1 saturated heterocycles. The van der Waals surface area contributed by atoms with Gasteiger partial charge in [-0.15, -0.1) is 11.3 Å². The van der Waals surface area contributed by atoms with Crippen LogP contribution in [-0.2, 0) is 11.2 Å². The van der Waals surface area contributed by atoms with E-state index in [-0.39, 0.29) is 18.0 Å². The third-order valence-corrected chi connectivity index (χ3v) is 5.33. The number of piperidine rings is 1. The van der Waals surface area contributed by atoms with E-state index >= 15 is 0 Å². The molecule has 122 valence electrons. The fourth-order valence-electron chi connectivity index (χ4n) is 3.13. The average Bonchev–Trinajstić information content (AvgIpc) is 2.95. The SMILES string of the molecule is Cc1cccc(-c2nc(CC(=O)N3CC[C@H](N)C[C@@H]3C)cs2)c1. The Morgan fingerprint density at radius 2 is 2.30 bits per heavy atom. The number of likely N-dealkylation sites (tertiary alicyclic amines) is 1. The number of amides is 1. The van der Waals surface area contributed by atoms with Crippen molar-refractivity contribution in [2.75, 3.05) is 6.54 Å². The van der Waals surface area contributed by atoms with E-state index in [4.69, 9.17) is 5.73 Å². The van der Waals surface area contributed by atoms with Crippen LogP contribution in [0.25, 0.3) is 10.6 Å². The molecule has 1 amide bonds. The Bertz CT molecular complexity index is 697. The number of hydrogen-bond donors (Lipinski definition) is 1. The highest BCUT2D eigenvalue weighted by Crippen LogP contribution is 2.25. The zero-order valence-electron chi connectivity index (χ0n) is 13.7. The molecule has 2 N–H and O–H groups in total. The summed E-state index contributed by atoms with van der Waals surface area (Å²) < 4.78 is 0. The maximum Gasteiger partial charge on any atom is 0.228 e. The van der Waals surface area contributed by atoms with Gasteiger partial charge in [0.15, 0.2) is 0 Å². The third-order valence-electron chi connectivity index (χ3n) is 4.39. The van der Waals surface area contributed by atoms with Crippen LogP contribution in [0, 0.1) is 6.92 Å². The lowest BCUT2D eigenvalue weighted by Crippen LogP contribution is -2.48. The Morgan fingerprint density at radius 3 is 3.04 bits per heavy atom. The molecular weight excluding hydrogens is 306 g/mol. The van der Waals surface area contributed by atoms with Gasteiger partial charge in [0.05, 0.1) is 12.1 Å². The summed E-state index contributed by atoms with van der Waals surface area (Å²) in [4.78, 5) is 19.1. The van der Waals surface area contributed by atoms with E-state index in [1.54, 1.807) is 11.3 Å². The van der Waals surface area contributed by atoms with Crippen LogP contribution in [-0.4, -0.2) is 34.4 Å². The average molecular weight is 329 g/mol. The van der Waals surface area contributed by atoms with Crippen molar-refractivity contribution in [3.63, 3.8) is 0 Å². The number of hydrogen-bond acceptors (Lipinski definition) is 4. The number of carbonyl (C=O) groups excluding carboxylic acids is 1. The zero-order valence-corrected chi connectivity index (χ0v) is 14.5. The Labute approximate surface area is 141 Å². The molecule has 1 aromatic carbocycles. The van der Waals surface area contributed by atoms with Crippen LogP contribution in [0.15, 0.2) is 29.6 Å². The summed E-state index contributed by atoms with van der Waals surface area (Å²) in [7, 11) is 0. The number of aromatic nitrogens is 1. The van der Waals surface area contributed by atoms with Gasteiger partial charge in [-0.3, -0.25) is 4.79 Å². The van der Waals surface area contributed by atoms with Crippen molar-refractivity contribution in [2.24, 2.45) is 5.73 Å². The Kier molecular flexibility index (Phi) is 4.78. The summed E-state index contributed by atoms with van der Waals surface area (Å²) >= 11 is 1.60. The smallest absolute Gasteiger partial charge is 0.228 e. The van der Waals surface area contributed by atoms with E-state index in [1.165, 1.54) is 5.56 Å². The highest BCUT2D eigenvalue weighted by Gasteiger charge is 2.27. The number of benzene rings is 1. The molecule has 2 atom stereocenters. The van der Waals surface area contributed by atoms with Crippen molar-refractivity contribution < 1.29 is 4.79 Å². The first-order valence-electron chi connectivity index (χ1n) is 8.09. The molecule has 1 fully saturated rings. The molecule has 0 unspecified atom stereocenters. The van der Waals surface area contributed by atoms with Gasteiger partial charge in [-0.25, -0.2) is 4.98 Å². The number of rotatable bonds is 3. The van der Waals surface area contributed by atoms with Crippen molar-refractivity contribution in [1.82, 2.24) is 9.88 Å². The standard InChI is InChI=1S/C18H23N3OS/c1-12-4-3-5-14(8-12)18-20-16(11-23-18)10-17(22)21-7-6-15(19)9-13(21)2/h3-5,8,11,13,15H,6-7,9-10,19H2,1-2H3/t13-,15-/m0/s1. The van der Waals surface area contributed by atoms with E-state index in [2.05, 4.69) is 37.0 Å². The minimum atomic E-state index is 0.158. The van der Waals surface area contributed by atoms with Crippen molar-refractivity contribution in [2.45, 2.75) is 45.2 Å². The fraction of sp³-hybridized carbons (Fsp3) is 0.444. The van der Waals surface area contributed by atoms with Gasteiger partial charge >= 0.3 is 0 Å². The molecule has 0 aliphatic carbocycles. The normalized spacial score (nSPS) is 21.4. The van der Waals surface area contributed by atoms with E-state index < -0.39 is 0 Å². The molecule has 0 radical (unpaired) electrons. The number of nitrogens with two attached hydrogens (primary N) is 1. The predicted octanol–water partition coefficient (Wildman–Crippen LogP) is 3.00. The number of carbonyl (C=O) groups is 1. The Morgan fingerprint density at radius 1 is 1.48 bits per heavy atom. The molecule has 1 aliphatic rings. The topological polar surface area (TPSA) is 59.2 Å². The van der Waals surface area contributed by atoms with Crippen LogP contribution in [0.3, 0.4) is 0 Å². The van der Waals surface area contributed by atoms with E-state index in [1.807, 2.05) is 16.3 Å². The number of thiazole rings is 1. The van der Waals surface area contributed by atoms with Crippen LogP contribution in [0.2, 0.25) is 0 Å². The van der Waals surface area contributed by atoms with Crippen molar-refractivity contribution in [1.29, 1.82) is 0 Å². The van der Waals surface area contributed by atoms with Crippen molar-refractivity contribution in [3.8, 4) is 10.6 Å².